The topological polar surface area (TPSA) is 91.4 Å². The van der Waals surface area contributed by atoms with Crippen LogP contribution in [0.5, 0.6) is 0 Å². The molecule has 1 aromatic carbocycles. The maximum Gasteiger partial charge on any atom is 0.313 e. The standard InChI is InChI=1S/C22H18N2O5S2/c1-2-28-18(26)11-15(25)12-31-22-23-20-19(16(13-30-20)17-9-6-10-29-17)21(27)24(22)14-7-4-3-5-8-14/h3-10,13H,2,11-12H2,1H3. The SMILES string of the molecule is CCOC(=O)CC(=O)CSc1nc2scc(-c3ccco3)c2c(=O)n1-c1ccccc1. The average molecular weight is 455 g/mol. The molecule has 0 aliphatic rings. The van der Waals surface area contributed by atoms with E-state index >= 15 is 0 Å². The lowest BCUT2D eigenvalue weighted by molar-refractivity contribution is -0.145. The van der Waals surface area contributed by atoms with Crippen molar-refractivity contribution in [1.82, 2.24) is 9.55 Å². The molecule has 3 heterocycles. The number of aromatic nitrogens is 2. The number of para-hydroxylation sites is 1. The predicted molar refractivity (Wildman–Crippen MR) is 120 cm³/mol. The van der Waals surface area contributed by atoms with Crippen LogP contribution in [-0.4, -0.2) is 33.7 Å². The number of Topliss-reactive ketones (excluding diaryl/α,β-unsaturated/α-hetero) is 1. The summed E-state index contributed by atoms with van der Waals surface area (Å²) in [5.41, 5.74) is 1.07. The number of nitrogens with zero attached hydrogens (tertiary/aromatic N) is 2. The molecule has 0 saturated heterocycles. The molecule has 4 aromatic rings. The highest BCUT2D eigenvalue weighted by Gasteiger charge is 2.20. The fraction of sp³-hybridized carbons (Fsp3) is 0.182. The molecule has 0 atom stereocenters. The summed E-state index contributed by atoms with van der Waals surface area (Å²) in [6.45, 7) is 1.91. The van der Waals surface area contributed by atoms with Crippen LogP contribution in [0.1, 0.15) is 13.3 Å². The summed E-state index contributed by atoms with van der Waals surface area (Å²) in [7, 11) is 0. The molecule has 0 bridgehead atoms. The van der Waals surface area contributed by atoms with Crippen molar-refractivity contribution >= 4 is 45.1 Å². The van der Waals surface area contributed by atoms with E-state index in [1.807, 2.05) is 23.6 Å². The van der Waals surface area contributed by atoms with Gasteiger partial charge in [0.1, 0.15) is 17.0 Å². The summed E-state index contributed by atoms with van der Waals surface area (Å²) in [5.74, 6) is -0.257. The van der Waals surface area contributed by atoms with Crippen molar-refractivity contribution < 1.29 is 18.7 Å². The number of thioether (sulfide) groups is 1. The lowest BCUT2D eigenvalue weighted by Gasteiger charge is -2.12. The van der Waals surface area contributed by atoms with E-state index in [-0.39, 0.29) is 30.1 Å². The van der Waals surface area contributed by atoms with Crippen molar-refractivity contribution in [3.63, 3.8) is 0 Å². The van der Waals surface area contributed by atoms with Gasteiger partial charge in [-0.3, -0.25) is 19.0 Å². The number of carbonyl (C=O) groups excluding carboxylic acids is 2. The van der Waals surface area contributed by atoms with Crippen molar-refractivity contribution in [1.29, 1.82) is 0 Å². The van der Waals surface area contributed by atoms with Gasteiger partial charge in [0.2, 0.25) is 0 Å². The number of hydrogen-bond donors (Lipinski definition) is 0. The zero-order valence-electron chi connectivity index (χ0n) is 16.6. The summed E-state index contributed by atoms with van der Waals surface area (Å²) in [5, 5.41) is 2.69. The second-order valence-electron chi connectivity index (χ2n) is 6.49. The minimum atomic E-state index is -0.557. The Balaban J connectivity index is 1.75. The van der Waals surface area contributed by atoms with Crippen LogP contribution < -0.4 is 5.56 Å². The quantitative estimate of drug-likeness (QED) is 0.169. The van der Waals surface area contributed by atoms with Gasteiger partial charge in [-0.25, -0.2) is 4.98 Å². The van der Waals surface area contributed by atoms with Crippen LogP contribution in [0.2, 0.25) is 0 Å². The molecule has 0 aliphatic carbocycles. The van der Waals surface area contributed by atoms with Crippen molar-refractivity contribution in [3.05, 3.63) is 64.5 Å². The van der Waals surface area contributed by atoms with Crippen LogP contribution >= 0.6 is 23.1 Å². The Morgan fingerprint density at radius 1 is 1.19 bits per heavy atom. The molecule has 0 unspecified atom stereocenters. The molecular weight excluding hydrogens is 436 g/mol. The fourth-order valence-electron chi connectivity index (χ4n) is 3.06. The summed E-state index contributed by atoms with van der Waals surface area (Å²) < 4.78 is 11.8. The molecule has 9 heteroatoms. The zero-order chi connectivity index (χ0) is 21.8. The number of rotatable bonds is 8. The molecule has 0 aliphatic heterocycles. The number of hydrogen-bond acceptors (Lipinski definition) is 8. The Kier molecular flexibility index (Phi) is 6.34. The summed E-state index contributed by atoms with van der Waals surface area (Å²) in [6.07, 6.45) is 1.25. The highest BCUT2D eigenvalue weighted by Crippen LogP contribution is 2.33. The molecule has 0 amide bonds. The first-order valence-electron chi connectivity index (χ1n) is 9.52. The fourth-order valence-corrected chi connectivity index (χ4v) is 4.90. The van der Waals surface area contributed by atoms with E-state index in [0.717, 1.165) is 11.8 Å². The first-order valence-corrected chi connectivity index (χ1v) is 11.4. The maximum absolute atomic E-state index is 13.6. The predicted octanol–water partition coefficient (Wildman–Crippen LogP) is 4.32. The van der Waals surface area contributed by atoms with Crippen LogP contribution in [-0.2, 0) is 14.3 Å². The number of fused-ring (bicyclic) bond motifs is 1. The Bertz CT molecular complexity index is 1280. The number of benzene rings is 1. The molecule has 0 N–H and O–H groups in total. The van der Waals surface area contributed by atoms with Gasteiger partial charge in [0.05, 0.1) is 29.7 Å². The number of ketones is 1. The summed E-state index contributed by atoms with van der Waals surface area (Å²) in [6, 6.07) is 12.7. The number of ether oxygens (including phenoxy) is 1. The van der Waals surface area contributed by atoms with Gasteiger partial charge in [0.25, 0.3) is 5.56 Å². The number of furan rings is 1. The van der Waals surface area contributed by atoms with E-state index in [0.29, 0.717) is 32.4 Å². The summed E-state index contributed by atoms with van der Waals surface area (Å²) >= 11 is 2.46. The molecule has 0 fully saturated rings. The third-order valence-electron chi connectivity index (χ3n) is 4.39. The average Bonchev–Trinajstić information content (AvgIpc) is 3.43. The Labute approximate surface area is 185 Å². The first-order chi connectivity index (χ1) is 15.1. The molecule has 7 nitrogen and oxygen atoms in total. The molecular formula is C22H18N2O5S2. The normalized spacial score (nSPS) is 11.0. The van der Waals surface area contributed by atoms with Gasteiger partial charge in [-0.05, 0) is 31.2 Å². The maximum atomic E-state index is 13.6. The number of carbonyl (C=O) groups is 2. The van der Waals surface area contributed by atoms with E-state index in [2.05, 4.69) is 4.98 Å². The van der Waals surface area contributed by atoms with E-state index in [4.69, 9.17) is 9.15 Å². The van der Waals surface area contributed by atoms with Gasteiger partial charge >= 0.3 is 5.97 Å². The van der Waals surface area contributed by atoms with Gasteiger partial charge < -0.3 is 9.15 Å². The van der Waals surface area contributed by atoms with Gasteiger partial charge in [-0.2, -0.15) is 0 Å². The Morgan fingerprint density at radius 2 is 2.00 bits per heavy atom. The molecule has 31 heavy (non-hydrogen) atoms. The molecule has 0 spiro atoms. The van der Waals surface area contributed by atoms with Crippen LogP contribution in [0.15, 0.2) is 68.5 Å². The van der Waals surface area contributed by atoms with Crippen molar-refractivity contribution in [2.75, 3.05) is 12.4 Å². The smallest absolute Gasteiger partial charge is 0.313 e. The second kappa shape index (κ2) is 9.32. The number of thiophene rings is 1. The van der Waals surface area contributed by atoms with Crippen LogP contribution in [0.4, 0.5) is 0 Å². The molecule has 3 aromatic heterocycles. The van der Waals surface area contributed by atoms with Crippen LogP contribution in [0.25, 0.3) is 27.2 Å². The van der Waals surface area contributed by atoms with Gasteiger partial charge in [-0.1, -0.05) is 30.0 Å². The minimum absolute atomic E-state index is 0.0000107. The van der Waals surface area contributed by atoms with E-state index < -0.39 is 5.97 Å². The van der Waals surface area contributed by atoms with Crippen molar-refractivity contribution in [2.24, 2.45) is 0 Å². The van der Waals surface area contributed by atoms with Crippen LogP contribution in [0.3, 0.4) is 0 Å². The van der Waals surface area contributed by atoms with E-state index in [9.17, 15) is 14.4 Å². The number of esters is 1. The third kappa shape index (κ3) is 4.47. The second-order valence-corrected chi connectivity index (χ2v) is 8.29. The van der Waals surface area contributed by atoms with Crippen molar-refractivity contribution in [2.45, 2.75) is 18.5 Å². The monoisotopic (exact) mass is 454 g/mol. The largest absolute Gasteiger partial charge is 0.466 e. The lowest BCUT2D eigenvalue weighted by atomic mass is 10.2. The first kappa shape index (κ1) is 21.1. The third-order valence-corrected chi connectivity index (χ3v) is 6.26. The van der Waals surface area contributed by atoms with Crippen LogP contribution in [0, 0.1) is 0 Å². The van der Waals surface area contributed by atoms with Gasteiger partial charge in [-0.15, -0.1) is 11.3 Å². The highest BCUT2D eigenvalue weighted by molar-refractivity contribution is 7.99. The zero-order valence-corrected chi connectivity index (χ0v) is 18.2. The molecule has 158 valence electrons. The molecule has 0 saturated carbocycles. The lowest BCUT2D eigenvalue weighted by Crippen LogP contribution is -2.22. The minimum Gasteiger partial charge on any atom is -0.466 e. The van der Waals surface area contributed by atoms with E-state index in [1.54, 1.807) is 37.5 Å². The highest BCUT2D eigenvalue weighted by atomic mass is 32.2. The van der Waals surface area contributed by atoms with E-state index in [1.165, 1.54) is 15.9 Å². The molecule has 4 rings (SSSR count). The Hall–Kier alpha value is -3.17. The summed E-state index contributed by atoms with van der Waals surface area (Å²) in [4.78, 5) is 42.6. The molecule has 0 radical (unpaired) electrons. The Morgan fingerprint density at radius 3 is 2.71 bits per heavy atom. The van der Waals surface area contributed by atoms with Gasteiger partial charge in [0.15, 0.2) is 10.9 Å². The van der Waals surface area contributed by atoms with Crippen molar-refractivity contribution in [3.8, 4) is 17.0 Å². The van der Waals surface area contributed by atoms with Gasteiger partial charge in [0, 0.05) is 10.9 Å².